The van der Waals surface area contributed by atoms with Crippen molar-refractivity contribution < 1.29 is 9.65 Å². The van der Waals surface area contributed by atoms with Gasteiger partial charge in [-0.3, -0.25) is 0 Å². The van der Waals surface area contributed by atoms with E-state index >= 15 is 0 Å². The van der Waals surface area contributed by atoms with E-state index in [-0.39, 0.29) is 0 Å². The normalized spacial score (nSPS) is 8.08. The van der Waals surface area contributed by atoms with Crippen LogP contribution in [-0.2, 0) is 7.05 Å². The smallest absolute Gasteiger partial charge is 0.191 e. The highest BCUT2D eigenvalue weighted by Gasteiger charge is 1.87. The first-order valence-electron chi connectivity index (χ1n) is 3.04. The Bertz CT molecular complexity index is 243. The van der Waals surface area contributed by atoms with E-state index in [1.165, 1.54) is 0 Å². The molecule has 1 rings (SSSR count). The first kappa shape index (κ1) is 10.2. The van der Waals surface area contributed by atoms with E-state index in [4.69, 9.17) is 21.1 Å². The largest absolute Gasteiger partial charge is 0.394 e. The standard InChI is InChI=1S/C6H9N2.NO3/c1-8-4-2-3-6(7)5-8;2-1(3)4/h2-5H,7H2,1H3;/q+1;-1. The quantitative estimate of drug-likeness (QED) is 0.333. The zero-order chi connectivity index (χ0) is 9.56. The molecule has 1 heterocycles. The van der Waals surface area contributed by atoms with Crippen LogP contribution in [0.25, 0.3) is 0 Å². The summed E-state index contributed by atoms with van der Waals surface area (Å²) in [5, 5.41) is 14.8. The van der Waals surface area contributed by atoms with E-state index in [1.807, 2.05) is 36.1 Å². The highest BCUT2D eigenvalue weighted by atomic mass is 16.9. The molecule has 66 valence electrons. The Morgan fingerprint density at radius 3 is 2.33 bits per heavy atom. The monoisotopic (exact) mass is 171 g/mol. The molecule has 1 aromatic heterocycles. The van der Waals surface area contributed by atoms with Gasteiger partial charge in [0.1, 0.15) is 7.05 Å². The summed E-state index contributed by atoms with van der Waals surface area (Å²) in [6.45, 7) is 0. The lowest BCUT2D eigenvalue weighted by Crippen LogP contribution is -2.26. The molecule has 0 aromatic carbocycles. The molecule has 0 spiro atoms. The van der Waals surface area contributed by atoms with Crippen LogP contribution in [0.4, 0.5) is 5.69 Å². The predicted molar refractivity (Wildman–Crippen MR) is 42.4 cm³/mol. The van der Waals surface area contributed by atoms with Crippen molar-refractivity contribution in [2.24, 2.45) is 7.05 Å². The van der Waals surface area contributed by atoms with Gasteiger partial charge in [-0.05, 0) is 6.07 Å². The second-order valence-electron chi connectivity index (χ2n) is 2.03. The van der Waals surface area contributed by atoms with E-state index in [0.717, 1.165) is 5.69 Å². The topological polar surface area (TPSA) is 96.1 Å². The summed E-state index contributed by atoms with van der Waals surface area (Å²) in [6.07, 6.45) is 3.80. The number of pyridine rings is 1. The van der Waals surface area contributed by atoms with Gasteiger partial charge in [0.05, 0.1) is 10.8 Å². The molecule has 0 aliphatic rings. The van der Waals surface area contributed by atoms with Gasteiger partial charge in [-0.15, -0.1) is 0 Å². The lowest BCUT2D eigenvalue weighted by Gasteiger charge is -1.85. The van der Waals surface area contributed by atoms with Crippen molar-refractivity contribution in [3.8, 4) is 0 Å². The lowest BCUT2D eigenvalue weighted by atomic mass is 10.4. The van der Waals surface area contributed by atoms with E-state index in [2.05, 4.69) is 0 Å². The number of nitrogen functional groups attached to an aromatic ring is 1. The van der Waals surface area contributed by atoms with E-state index in [9.17, 15) is 0 Å². The highest BCUT2D eigenvalue weighted by Crippen LogP contribution is 1.90. The lowest BCUT2D eigenvalue weighted by molar-refractivity contribution is -0.670. The molecule has 12 heavy (non-hydrogen) atoms. The third-order valence-electron chi connectivity index (χ3n) is 0.963. The Hall–Kier alpha value is -1.85. The molecular formula is C6H9N3O3. The Morgan fingerprint density at radius 2 is 2.08 bits per heavy atom. The number of rotatable bonds is 0. The fourth-order valence-corrected chi connectivity index (χ4v) is 0.611. The molecule has 0 atom stereocenters. The summed E-state index contributed by atoms with van der Waals surface area (Å²) in [6, 6.07) is 3.77. The molecule has 2 N–H and O–H groups in total. The third-order valence-corrected chi connectivity index (χ3v) is 0.963. The average Bonchev–Trinajstić information content (AvgIpc) is 1.84. The summed E-state index contributed by atoms with van der Waals surface area (Å²) in [7, 11) is 1.94. The minimum absolute atomic E-state index is 0.801. The SMILES string of the molecule is C[n+]1cccc(N)c1.O=[N+]([O-])[O-]. The Kier molecular flexibility index (Phi) is 4.13. The predicted octanol–water partition coefficient (Wildman–Crippen LogP) is -0.146. The summed E-state index contributed by atoms with van der Waals surface area (Å²) in [5.74, 6) is 0. The molecule has 6 nitrogen and oxygen atoms in total. The summed E-state index contributed by atoms with van der Waals surface area (Å²) >= 11 is 0. The fourth-order valence-electron chi connectivity index (χ4n) is 0.611. The molecule has 0 bridgehead atoms. The van der Waals surface area contributed by atoms with Gasteiger partial charge in [0.15, 0.2) is 12.4 Å². The van der Waals surface area contributed by atoms with Gasteiger partial charge >= 0.3 is 0 Å². The van der Waals surface area contributed by atoms with Crippen molar-refractivity contribution in [2.45, 2.75) is 0 Å². The molecule has 0 saturated heterocycles. The second-order valence-corrected chi connectivity index (χ2v) is 2.03. The van der Waals surface area contributed by atoms with Crippen molar-refractivity contribution in [3.05, 3.63) is 39.8 Å². The van der Waals surface area contributed by atoms with Crippen LogP contribution in [0.3, 0.4) is 0 Å². The molecule has 0 unspecified atom stereocenters. The summed E-state index contributed by atoms with van der Waals surface area (Å²) < 4.78 is 1.91. The number of hydrogen-bond donors (Lipinski definition) is 1. The first-order chi connectivity index (χ1) is 5.52. The maximum absolute atomic E-state index is 8.25. The minimum atomic E-state index is -1.75. The van der Waals surface area contributed by atoms with Crippen LogP contribution in [0.1, 0.15) is 0 Å². The van der Waals surface area contributed by atoms with Crippen LogP contribution in [0.2, 0.25) is 0 Å². The van der Waals surface area contributed by atoms with Gasteiger partial charge in [0.2, 0.25) is 0 Å². The Balaban J connectivity index is 0.000000261. The van der Waals surface area contributed by atoms with E-state index in [1.54, 1.807) is 0 Å². The molecule has 0 aliphatic heterocycles. The number of nitrogens with zero attached hydrogens (tertiary/aromatic N) is 2. The van der Waals surface area contributed by atoms with Crippen molar-refractivity contribution in [1.29, 1.82) is 0 Å². The fraction of sp³-hybridized carbons (Fsp3) is 0.167. The molecule has 0 radical (unpaired) electrons. The Morgan fingerprint density at radius 1 is 1.58 bits per heavy atom. The van der Waals surface area contributed by atoms with Gasteiger partial charge in [-0.25, -0.2) is 4.57 Å². The van der Waals surface area contributed by atoms with Crippen LogP contribution >= 0.6 is 0 Å². The van der Waals surface area contributed by atoms with Gasteiger partial charge in [-0.2, -0.15) is 0 Å². The molecule has 0 aliphatic carbocycles. The zero-order valence-electron chi connectivity index (χ0n) is 6.51. The van der Waals surface area contributed by atoms with Crippen molar-refractivity contribution >= 4 is 5.69 Å². The first-order valence-corrected chi connectivity index (χ1v) is 3.04. The number of aromatic nitrogens is 1. The van der Waals surface area contributed by atoms with E-state index in [0.29, 0.717) is 0 Å². The Labute approximate surface area is 69.0 Å². The molecular weight excluding hydrogens is 162 g/mol. The van der Waals surface area contributed by atoms with Crippen LogP contribution in [0.15, 0.2) is 24.5 Å². The van der Waals surface area contributed by atoms with Crippen LogP contribution in [0, 0.1) is 15.3 Å². The number of anilines is 1. The number of hydrogen-bond acceptors (Lipinski definition) is 4. The van der Waals surface area contributed by atoms with E-state index < -0.39 is 5.09 Å². The van der Waals surface area contributed by atoms with Crippen LogP contribution < -0.4 is 10.3 Å². The van der Waals surface area contributed by atoms with Crippen LogP contribution in [-0.4, -0.2) is 5.09 Å². The molecule has 0 amide bonds. The van der Waals surface area contributed by atoms with Gasteiger partial charge in [-0.1, -0.05) is 0 Å². The summed E-state index contributed by atoms with van der Waals surface area (Å²) in [5.41, 5.74) is 6.24. The zero-order valence-corrected chi connectivity index (χ0v) is 6.51. The van der Waals surface area contributed by atoms with Gasteiger partial charge in [0.25, 0.3) is 0 Å². The maximum Gasteiger partial charge on any atom is 0.191 e. The molecule has 6 heteroatoms. The second kappa shape index (κ2) is 4.89. The molecule has 0 fully saturated rings. The van der Waals surface area contributed by atoms with Crippen molar-refractivity contribution in [2.75, 3.05) is 5.73 Å². The van der Waals surface area contributed by atoms with Crippen LogP contribution in [0.5, 0.6) is 0 Å². The molecule has 0 saturated carbocycles. The molecule has 1 aromatic rings. The van der Waals surface area contributed by atoms with Gasteiger partial charge < -0.3 is 21.1 Å². The summed E-state index contributed by atoms with van der Waals surface area (Å²) in [4.78, 5) is 8.25. The average molecular weight is 171 g/mol. The minimum Gasteiger partial charge on any atom is -0.394 e. The van der Waals surface area contributed by atoms with Crippen molar-refractivity contribution in [1.82, 2.24) is 0 Å². The van der Waals surface area contributed by atoms with Crippen molar-refractivity contribution in [3.63, 3.8) is 0 Å². The number of nitrogens with two attached hydrogens (primary N) is 1. The maximum atomic E-state index is 8.25. The van der Waals surface area contributed by atoms with Gasteiger partial charge in [0, 0.05) is 6.07 Å². The highest BCUT2D eigenvalue weighted by molar-refractivity contribution is 5.30. The number of aryl methyl sites for hydroxylation is 1. The third kappa shape index (κ3) is 6.27.